The molecule has 2 aromatic rings. The van der Waals surface area contributed by atoms with E-state index in [-0.39, 0.29) is 6.03 Å². The van der Waals surface area contributed by atoms with E-state index in [1.807, 2.05) is 19.1 Å². The van der Waals surface area contributed by atoms with E-state index in [2.05, 4.69) is 10.4 Å². The van der Waals surface area contributed by atoms with Gasteiger partial charge in [0.1, 0.15) is 0 Å². The molecule has 2 amide bonds. The molecule has 0 aliphatic carbocycles. The van der Waals surface area contributed by atoms with Gasteiger partial charge >= 0.3 is 6.03 Å². The van der Waals surface area contributed by atoms with Gasteiger partial charge in [-0.1, -0.05) is 11.6 Å². The predicted molar refractivity (Wildman–Crippen MR) is 77.6 cm³/mol. The van der Waals surface area contributed by atoms with Crippen LogP contribution >= 0.6 is 22.9 Å². The molecule has 0 aromatic carbocycles. The van der Waals surface area contributed by atoms with Crippen LogP contribution in [-0.4, -0.2) is 27.3 Å². The lowest BCUT2D eigenvalue weighted by Crippen LogP contribution is -2.34. The molecule has 0 fully saturated rings. The Labute approximate surface area is 120 Å². The number of hydrogen-bond donors (Lipinski definition) is 1. The predicted octanol–water partition coefficient (Wildman–Crippen LogP) is 3.19. The zero-order chi connectivity index (χ0) is 13.8. The molecule has 0 saturated carbocycles. The molecular weight excluding hydrogens is 284 g/mol. The van der Waals surface area contributed by atoms with E-state index in [0.717, 1.165) is 9.21 Å². The highest BCUT2D eigenvalue weighted by Crippen LogP contribution is 2.22. The molecule has 0 bridgehead atoms. The molecule has 1 N–H and O–H groups in total. The number of nitrogens with one attached hydrogen (secondary N) is 1. The SMILES string of the molecule is CCN(Cc1ccc(Cl)s1)C(=O)Nc1ccn(C)n1. The van der Waals surface area contributed by atoms with Gasteiger partial charge in [-0.2, -0.15) is 5.10 Å². The summed E-state index contributed by atoms with van der Waals surface area (Å²) in [7, 11) is 1.81. The average molecular weight is 299 g/mol. The van der Waals surface area contributed by atoms with Gasteiger partial charge in [0.15, 0.2) is 5.82 Å². The topological polar surface area (TPSA) is 50.2 Å². The van der Waals surface area contributed by atoms with Crippen molar-refractivity contribution in [2.45, 2.75) is 13.5 Å². The summed E-state index contributed by atoms with van der Waals surface area (Å²) < 4.78 is 2.38. The van der Waals surface area contributed by atoms with Gasteiger partial charge in [-0.15, -0.1) is 11.3 Å². The largest absolute Gasteiger partial charge is 0.323 e. The van der Waals surface area contributed by atoms with Gasteiger partial charge in [0, 0.05) is 30.7 Å². The average Bonchev–Trinajstić information content (AvgIpc) is 2.95. The maximum Gasteiger partial charge on any atom is 0.323 e. The van der Waals surface area contributed by atoms with Gasteiger partial charge in [-0.3, -0.25) is 10.00 Å². The van der Waals surface area contributed by atoms with Crippen molar-refractivity contribution in [2.75, 3.05) is 11.9 Å². The van der Waals surface area contributed by atoms with Crippen molar-refractivity contribution in [2.24, 2.45) is 7.05 Å². The van der Waals surface area contributed by atoms with Gasteiger partial charge < -0.3 is 4.90 Å². The fraction of sp³-hybridized carbons (Fsp3) is 0.333. The minimum Gasteiger partial charge on any atom is -0.320 e. The highest BCUT2D eigenvalue weighted by atomic mass is 35.5. The van der Waals surface area contributed by atoms with Gasteiger partial charge in [-0.25, -0.2) is 4.79 Å². The molecular formula is C12H15ClN4OS. The molecule has 5 nitrogen and oxygen atoms in total. The number of carbonyl (C=O) groups excluding carboxylic acids is 1. The standard InChI is InChI=1S/C12H15ClN4OS/c1-3-17(8-9-4-5-10(13)19-9)12(18)14-11-6-7-16(2)15-11/h4-7H,3,8H2,1-2H3,(H,14,15,18). The van der Waals surface area contributed by atoms with E-state index in [0.29, 0.717) is 18.9 Å². The van der Waals surface area contributed by atoms with Crippen LogP contribution in [0.4, 0.5) is 10.6 Å². The fourth-order valence-electron chi connectivity index (χ4n) is 1.62. The summed E-state index contributed by atoms with van der Waals surface area (Å²) >= 11 is 7.37. The lowest BCUT2D eigenvalue weighted by Gasteiger charge is -2.19. The maximum absolute atomic E-state index is 12.1. The quantitative estimate of drug-likeness (QED) is 0.942. The van der Waals surface area contributed by atoms with E-state index >= 15 is 0 Å². The molecule has 0 spiro atoms. The van der Waals surface area contributed by atoms with E-state index in [1.54, 1.807) is 28.9 Å². The van der Waals surface area contributed by atoms with Crippen LogP contribution in [0.5, 0.6) is 0 Å². The van der Waals surface area contributed by atoms with Crippen molar-refractivity contribution in [1.82, 2.24) is 14.7 Å². The van der Waals surface area contributed by atoms with E-state index in [4.69, 9.17) is 11.6 Å². The summed E-state index contributed by atoms with van der Waals surface area (Å²) in [4.78, 5) is 14.9. The number of hydrogen-bond acceptors (Lipinski definition) is 3. The number of anilines is 1. The molecule has 0 aliphatic rings. The Morgan fingerprint density at radius 1 is 1.53 bits per heavy atom. The second-order valence-corrected chi connectivity index (χ2v) is 5.82. The lowest BCUT2D eigenvalue weighted by atomic mass is 10.4. The van der Waals surface area contributed by atoms with Gasteiger partial charge in [0.25, 0.3) is 0 Å². The number of aromatic nitrogens is 2. The molecule has 2 aromatic heterocycles. The molecule has 0 atom stereocenters. The van der Waals surface area contributed by atoms with Gasteiger partial charge in [0.2, 0.25) is 0 Å². The van der Waals surface area contributed by atoms with Crippen LogP contribution in [0, 0.1) is 0 Å². The number of nitrogens with zero attached hydrogens (tertiary/aromatic N) is 3. The minimum absolute atomic E-state index is 0.161. The van der Waals surface area contributed by atoms with Crippen molar-refractivity contribution in [3.05, 3.63) is 33.6 Å². The summed E-state index contributed by atoms with van der Waals surface area (Å²) in [5.41, 5.74) is 0. The number of aryl methyl sites for hydroxylation is 1. The monoisotopic (exact) mass is 298 g/mol. The maximum atomic E-state index is 12.1. The fourth-order valence-corrected chi connectivity index (χ4v) is 2.73. The van der Waals surface area contributed by atoms with Crippen molar-refractivity contribution < 1.29 is 4.79 Å². The molecule has 7 heteroatoms. The molecule has 2 heterocycles. The molecule has 0 saturated heterocycles. The number of urea groups is 1. The van der Waals surface area contributed by atoms with Crippen LogP contribution in [0.15, 0.2) is 24.4 Å². The number of carbonyl (C=O) groups is 1. The third kappa shape index (κ3) is 3.71. The summed E-state index contributed by atoms with van der Waals surface area (Å²) in [5.74, 6) is 0.551. The Hall–Kier alpha value is -1.53. The number of thiophene rings is 1. The van der Waals surface area contributed by atoms with Crippen LogP contribution in [0.2, 0.25) is 4.34 Å². The Balaban J connectivity index is 1.98. The van der Waals surface area contributed by atoms with Crippen LogP contribution in [0.25, 0.3) is 0 Å². The summed E-state index contributed by atoms with van der Waals surface area (Å²) in [6, 6.07) is 5.37. The van der Waals surface area contributed by atoms with Crippen molar-refractivity contribution in [3.63, 3.8) is 0 Å². The third-order valence-corrected chi connectivity index (χ3v) is 3.81. The Morgan fingerprint density at radius 3 is 2.84 bits per heavy atom. The van der Waals surface area contributed by atoms with Crippen LogP contribution in [0.1, 0.15) is 11.8 Å². The molecule has 2 rings (SSSR count). The molecule has 102 valence electrons. The van der Waals surface area contributed by atoms with Crippen LogP contribution in [-0.2, 0) is 13.6 Å². The van der Waals surface area contributed by atoms with E-state index in [1.165, 1.54) is 11.3 Å². The summed E-state index contributed by atoms with van der Waals surface area (Å²) in [6.07, 6.45) is 1.78. The third-order valence-electron chi connectivity index (χ3n) is 2.59. The van der Waals surface area contributed by atoms with Crippen LogP contribution < -0.4 is 5.32 Å². The highest BCUT2D eigenvalue weighted by molar-refractivity contribution is 7.16. The second-order valence-electron chi connectivity index (χ2n) is 4.02. The first-order valence-corrected chi connectivity index (χ1v) is 7.07. The Kier molecular flexibility index (Phi) is 4.44. The second kappa shape index (κ2) is 6.08. The van der Waals surface area contributed by atoms with Crippen molar-refractivity contribution in [3.8, 4) is 0 Å². The zero-order valence-electron chi connectivity index (χ0n) is 10.8. The molecule has 0 aliphatic heterocycles. The Bertz CT molecular complexity index is 566. The molecule has 0 unspecified atom stereocenters. The van der Waals surface area contributed by atoms with Gasteiger partial charge in [-0.05, 0) is 19.1 Å². The Morgan fingerprint density at radius 2 is 2.32 bits per heavy atom. The number of halogens is 1. The summed E-state index contributed by atoms with van der Waals surface area (Å²) in [5, 5.41) is 6.89. The number of rotatable bonds is 4. The normalized spacial score (nSPS) is 10.5. The lowest BCUT2D eigenvalue weighted by molar-refractivity contribution is 0.212. The zero-order valence-corrected chi connectivity index (χ0v) is 12.3. The van der Waals surface area contributed by atoms with Crippen molar-refractivity contribution in [1.29, 1.82) is 0 Å². The van der Waals surface area contributed by atoms with E-state index < -0.39 is 0 Å². The van der Waals surface area contributed by atoms with Crippen LogP contribution in [0.3, 0.4) is 0 Å². The highest BCUT2D eigenvalue weighted by Gasteiger charge is 2.14. The molecule has 19 heavy (non-hydrogen) atoms. The summed E-state index contributed by atoms with van der Waals surface area (Å²) in [6.45, 7) is 3.11. The van der Waals surface area contributed by atoms with Gasteiger partial charge in [0.05, 0.1) is 10.9 Å². The van der Waals surface area contributed by atoms with Crippen molar-refractivity contribution >= 4 is 34.8 Å². The smallest absolute Gasteiger partial charge is 0.320 e. The first-order chi connectivity index (χ1) is 9.08. The first kappa shape index (κ1) is 13.9. The molecule has 0 radical (unpaired) electrons. The first-order valence-electron chi connectivity index (χ1n) is 5.88. The minimum atomic E-state index is -0.161. The van der Waals surface area contributed by atoms with E-state index in [9.17, 15) is 4.79 Å². The number of amides is 2.